The maximum absolute atomic E-state index is 10.2. The van der Waals surface area contributed by atoms with Gasteiger partial charge < -0.3 is 10.4 Å². The molecule has 1 rings (SSSR count). The van der Waals surface area contributed by atoms with Crippen molar-refractivity contribution in [1.82, 2.24) is 0 Å². The van der Waals surface area contributed by atoms with Crippen molar-refractivity contribution >= 4 is 27.6 Å². The molecule has 1 aromatic rings. The van der Waals surface area contributed by atoms with E-state index in [0.29, 0.717) is 6.54 Å². The first-order chi connectivity index (χ1) is 7.09. The highest BCUT2D eigenvalue weighted by molar-refractivity contribution is 9.10. The van der Waals surface area contributed by atoms with Crippen LogP contribution in [0.15, 0.2) is 34.8 Å². The minimum atomic E-state index is -0.929. The summed E-state index contributed by atoms with van der Waals surface area (Å²) in [4.78, 5) is 10.2. The predicted octanol–water partition coefficient (Wildman–Crippen LogP) is 2.81. The van der Waals surface area contributed by atoms with E-state index in [0.717, 1.165) is 16.2 Å². The average molecular weight is 270 g/mol. The summed E-state index contributed by atoms with van der Waals surface area (Å²) >= 11 is 3.43. The number of carbonyl (C=O) groups is 1. The van der Waals surface area contributed by atoms with E-state index in [4.69, 9.17) is 5.11 Å². The Kier molecular flexibility index (Phi) is 4.37. The summed E-state index contributed by atoms with van der Waals surface area (Å²) in [6, 6.07) is 5.91. The number of hydrogen-bond donors (Lipinski definition) is 2. The van der Waals surface area contributed by atoms with Crippen LogP contribution >= 0.6 is 15.9 Å². The third kappa shape index (κ3) is 4.16. The van der Waals surface area contributed by atoms with Crippen LogP contribution in [0.4, 0.5) is 5.69 Å². The van der Waals surface area contributed by atoms with Crippen LogP contribution in [0.1, 0.15) is 5.56 Å². The third-order valence-corrected chi connectivity index (χ3v) is 2.71. The van der Waals surface area contributed by atoms with E-state index in [1.54, 1.807) is 6.08 Å². The largest absolute Gasteiger partial charge is 0.478 e. The molecule has 0 saturated carbocycles. The molecular formula is C11H12BrNO2. The highest BCUT2D eigenvalue weighted by Crippen LogP contribution is 2.20. The zero-order chi connectivity index (χ0) is 11.3. The summed E-state index contributed by atoms with van der Waals surface area (Å²) in [5.74, 6) is -0.929. The number of aliphatic carboxylic acids is 1. The van der Waals surface area contributed by atoms with E-state index < -0.39 is 5.97 Å². The molecule has 0 spiro atoms. The predicted molar refractivity (Wildman–Crippen MR) is 64.1 cm³/mol. The number of halogens is 1. The first-order valence-electron chi connectivity index (χ1n) is 4.49. The van der Waals surface area contributed by atoms with Crippen molar-refractivity contribution < 1.29 is 9.90 Å². The Morgan fingerprint density at radius 2 is 2.33 bits per heavy atom. The van der Waals surface area contributed by atoms with Gasteiger partial charge in [-0.3, -0.25) is 0 Å². The van der Waals surface area contributed by atoms with Crippen molar-refractivity contribution in [3.05, 3.63) is 40.4 Å². The lowest BCUT2D eigenvalue weighted by Crippen LogP contribution is -1.99. The smallest absolute Gasteiger partial charge is 0.328 e. The summed E-state index contributed by atoms with van der Waals surface area (Å²) in [6.07, 6.45) is 2.69. The summed E-state index contributed by atoms with van der Waals surface area (Å²) in [7, 11) is 0. The van der Waals surface area contributed by atoms with E-state index in [-0.39, 0.29) is 0 Å². The van der Waals surface area contributed by atoms with Crippen LogP contribution in [0.25, 0.3) is 0 Å². The van der Waals surface area contributed by atoms with Gasteiger partial charge in [0.05, 0.1) is 0 Å². The molecule has 0 unspecified atom stereocenters. The van der Waals surface area contributed by atoms with E-state index in [1.165, 1.54) is 5.56 Å². The molecule has 0 aromatic heterocycles. The van der Waals surface area contributed by atoms with E-state index in [2.05, 4.69) is 21.2 Å². The minimum absolute atomic E-state index is 0.502. The lowest BCUT2D eigenvalue weighted by atomic mass is 10.2. The molecule has 0 amide bonds. The van der Waals surface area contributed by atoms with Gasteiger partial charge in [0.25, 0.3) is 0 Å². The Bertz CT molecular complexity index is 388. The Hall–Kier alpha value is -1.29. The number of aryl methyl sites for hydroxylation is 1. The number of carboxylic acids is 1. The fraction of sp³-hybridized carbons (Fsp3) is 0.182. The molecule has 80 valence electrons. The standard InChI is InChI=1S/C11H12BrNO2/c1-8-4-5-9(7-10(8)12)13-6-2-3-11(14)15/h2-5,7,13H,6H2,1H3,(H,14,15)/b3-2+. The number of hydrogen-bond acceptors (Lipinski definition) is 2. The molecule has 0 aliphatic heterocycles. The second-order valence-electron chi connectivity index (χ2n) is 3.09. The molecule has 0 heterocycles. The van der Waals surface area contributed by atoms with Gasteiger partial charge in [-0.2, -0.15) is 0 Å². The third-order valence-electron chi connectivity index (χ3n) is 1.86. The fourth-order valence-electron chi connectivity index (χ4n) is 1.04. The van der Waals surface area contributed by atoms with Gasteiger partial charge in [0.1, 0.15) is 0 Å². The molecule has 0 aliphatic rings. The minimum Gasteiger partial charge on any atom is -0.478 e. The Balaban J connectivity index is 2.51. The van der Waals surface area contributed by atoms with E-state index in [1.807, 2.05) is 25.1 Å². The lowest BCUT2D eigenvalue weighted by molar-refractivity contribution is -0.131. The van der Waals surface area contributed by atoms with Crippen LogP contribution in [0, 0.1) is 6.92 Å². The monoisotopic (exact) mass is 269 g/mol. The number of anilines is 1. The van der Waals surface area contributed by atoms with Crippen molar-refractivity contribution in [1.29, 1.82) is 0 Å². The van der Waals surface area contributed by atoms with Crippen molar-refractivity contribution in [2.75, 3.05) is 11.9 Å². The molecule has 0 aliphatic carbocycles. The SMILES string of the molecule is Cc1ccc(NC/C=C/C(=O)O)cc1Br. The van der Waals surface area contributed by atoms with Crippen LogP contribution in [0.3, 0.4) is 0 Å². The Labute approximate surface area is 96.9 Å². The summed E-state index contributed by atoms with van der Waals surface area (Å²) in [5, 5.41) is 11.5. The first-order valence-corrected chi connectivity index (χ1v) is 5.28. The molecule has 3 nitrogen and oxygen atoms in total. The molecule has 15 heavy (non-hydrogen) atoms. The molecule has 2 N–H and O–H groups in total. The van der Waals surface area contributed by atoms with Gasteiger partial charge in [0.15, 0.2) is 0 Å². The molecule has 0 atom stereocenters. The van der Waals surface area contributed by atoms with Gasteiger partial charge in [-0.25, -0.2) is 4.79 Å². The molecule has 0 fully saturated rings. The fourth-order valence-corrected chi connectivity index (χ4v) is 1.42. The Morgan fingerprint density at radius 3 is 2.93 bits per heavy atom. The summed E-state index contributed by atoms with van der Waals surface area (Å²) < 4.78 is 1.04. The number of benzene rings is 1. The quantitative estimate of drug-likeness (QED) is 0.827. The second-order valence-corrected chi connectivity index (χ2v) is 3.94. The van der Waals surface area contributed by atoms with Gasteiger partial charge in [-0.05, 0) is 24.6 Å². The van der Waals surface area contributed by atoms with Gasteiger partial charge in [-0.15, -0.1) is 0 Å². The van der Waals surface area contributed by atoms with Crippen LogP contribution in [-0.2, 0) is 4.79 Å². The van der Waals surface area contributed by atoms with Crippen LogP contribution in [-0.4, -0.2) is 17.6 Å². The van der Waals surface area contributed by atoms with Crippen LogP contribution < -0.4 is 5.32 Å². The number of rotatable bonds is 4. The first kappa shape index (κ1) is 11.8. The highest BCUT2D eigenvalue weighted by atomic mass is 79.9. The van der Waals surface area contributed by atoms with Crippen molar-refractivity contribution in [2.45, 2.75) is 6.92 Å². The van der Waals surface area contributed by atoms with Crippen LogP contribution in [0.5, 0.6) is 0 Å². The van der Waals surface area contributed by atoms with Crippen molar-refractivity contribution in [3.63, 3.8) is 0 Å². The number of carboxylic acid groups (broad SMARTS) is 1. The lowest BCUT2D eigenvalue weighted by Gasteiger charge is -2.05. The van der Waals surface area contributed by atoms with E-state index >= 15 is 0 Å². The molecule has 4 heteroatoms. The zero-order valence-corrected chi connectivity index (χ0v) is 9.91. The van der Waals surface area contributed by atoms with Crippen molar-refractivity contribution in [3.8, 4) is 0 Å². The summed E-state index contributed by atoms with van der Waals surface area (Å²) in [6.45, 7) is 2.51. The van der Waals surface area contributed by atoms with E-state index in [9.17, 15) is 4.79 Å². The molecule has 0 radical (unpaired) electrons. The zero-order valence-electron chi connectivity index (χ0n) is 8.33. The molecule has 1 aromatic carbocycles. The Morgan fingerprint density at radius 1 is 1.60 bits per heavy atom. The summed E-state index contributed by atoms with van der Waals surface area (Å²) in [5.41, 5.74) is 2.13. The average Bonchev–Trinajstić information content (AvgIpc) is 2.18. The second kappa shape index (κ2) is 5.56. The van der Waals surface area contributed by atoms with Gasteiger partial charge >= 0.3 is 5.97 Å². The molecular weight excluding hydrogens is 258 g/mol. The van der Waals surface area contributed by atoms with Crippen LogP contribution in [0.2, 0.25) is 0 Å². The molecule has 0 saturated heterocycles. The number of nitrogens with one attached hydrogen (secondary N) is 1. The maximum Gasteiger partial charge on any atom is 0.328 e. The van der Waals surface area contributed by atoms with Gasteiger partial charge in [0.2, 0.25) is 0 Å². The van der Waals surface area contributed by atoms with Gasteiger partial charge in [0, 0.05) is 22.8 Å². The van der Waals surface area contributed by atoms with Crippen molar-refractivity contribution in [2.24, 2.45) is 0 Å². The topological polar surface area (TPSA) is 49.3 Å². The maximum atomic E-state index is 10.2. The van der Waals surface area contributed by atoms with Gasteiger partial charge in [-0.1, -0.05) is 28.1 Å². The highest BCUT2D eigenvalue weighted by Gasteiger charge is 1.95. The molecule has 0 bridgehead atoms. The normalized spacial score (nSPS) is 10.5.